The van der Waals surface area contributed by atoms with Crippen molar-refractivity contribution in [3.05, 3.63) is 28.8 Å². The van der Waals surface area contributed by atoms with Crippen molar-refractivity contribution in [2.75, 3.05) is 20.7 Å². The van der Waals surface area contributed by atoms with Gasteiger partial charge in [-0.3, -0.25) is 4.79 Å². The Morgan fingerprint density at radius 2 is 1.96 bits per heavy atom. The fourth-order valence-electron chi connectivity index (χ4n) is 3.47. The second kappa shape index (κ2) is 8.55. The van der Waals surface area contributed by atoms with Crippen molar-refractivity contribution in [3.8, 4) is 5.75 Å². The highest BCUT2D eigenvalue weighted by atomic mass is 35.5. The second-order valence-electron chi connectivity index (χ2n) is 6.53. The van der Waals surface area contributed by atoms with Crippen molar-refractivity contribution in [3.63, 3.8) is 0 Å². The van der Waals surface area contributed by atoms with Gasteiger partial charge in [0.1, 0.15) is 5.75 Å². The quantitative estimate of drug-likeness (QED) is 0.915. The molecule has 130 valence electrons. The standard InChI is InChI=1S/C18H28N2O2.ClH/c1-12-8-15(9-13(2)17(12)22-5)11-20(4)18(21)16-6-7-19-14(3)10-16;/h8-9,14,16,19H,6-7,10-11H2,1-5H3;1H/t14-,16-;/m0./s1. The molecule has 0 radical (unpaired) electrons. The summed E-state index contributed by atoms with van der Waals surface area (Å²) in [6.45, 7) is 7.84. The lowest BCUT2D eigenvalue weighted by atomic mass is 9.92. The van der Waals surface area contributed by atoms with E-state index in [4.69, 9.17) is 4.74 Å². The maximum Gasteiger partial charge on any atom is 0.225 e. The van der Waals surface area contributed by atoms with E-state index in [2.05, 4.69) is 24.4 Å². The Morgan fingerprint density at radius 3 is 2.48 bits per heavy atom. The number of carbonyl (C=O) groups excluding carboxylic acids is 1. The Labute approximate surface area is 146 Å². The van der Waals surface area contributed by atoms with E-state index in [1.165, 1.54) is 0 Å². The van der Waals surface area contributed by atoms with Gasteiger partial charge < -0.3 is 15.0 Å². The molecule has 23 heavy (non-hydrogen) atoms. The highest BCUT2D eigenvalue weighted by Gasteiger charge is 2.27. The number of nitrogens with zero attached hydrogens (tertiary/aromatic N) is 1. The van der Waals surface area contributed by atoms with Crippen molar-refractivity contribution in [1.82, 2.24) is 10.2 Å². The van der Waals surface area contributed by atoms with Crippen LogP contribution in [0, 0.1) is 19.8 Å². The molecule has 1 amide bonds. The van der Waals surface area contributed by atoms with Crippen LogP contribution in [0.4, 0.5) is 0 Å². The minimum atomic E-state index is 0. The third kappa shape index (κ3) is 4.85. The van der Waals surface area contributed by atoms with E-state index < -0.39 is 0 Å². The Bertz CT molecular complexity index is 525. The van der Waals surface area contributed by atoms with Crippen LogP contribution in [0.25, 0.3) is 0 Å². The number of halogens is 1. The van der Waals surface area contributed by atoms with Crippen molar-refractivity contribution >= 4 is 18.3 Å². The summed E-state index contributed by atoms with van der Waals surface area (Å²) in [7, 11) is 3.60. The van der Waals surface area contributed by atoms with Gasteiger partial charge in [0.05, 0.1) is 7.11 Å². The van der Waals surface area contributed by atoms with E-state index >= 15 is 0 Å². The Hall–Kier alpha value is -1.26. The molecule has 1 aromatic carbocycles. The normalized spacial score (nSPS) is 20.6. The van der Waals surface area contributed by atoms with Crippen LogP contribution in [0.2, 0.25) is 0 Å². The highest BCUT2D eigenvalue weighted by Crippen LogP contribution is 2.25. The van der Waals surface area contributed by atoms with Crippen LogP contribution >= 0.6 is 12.4 Å². The molecule has 2 atom stereocenters. The molecular formula is C18H29ClN2O2. The number of benzene rings is 1. The molecule has 4 nitrogen and oxygen atoms in total. The molecule has 1 N–H and O–H groups in total. The molecule has 0 saturated carbocycles. The largest absolute Gasteiger partial charge is 0.496 e. The van der Waals surface area contributed by atoms with E-state index in [1.54, 1.807) is 7.11 Å². The van der Waals surface area contributed by atoms with Crippen LogP contribution in [0.3, 0.4) is 0 Å². The first-order valence-electron chi connectivity index (χ1n) is 8.04. The van der Waals surface area contributed by atoms with Crippen LogP contribution in [0.15, 0.2) is 12.1 Å². The number of amides is 1. The lowest BCUT2D eigenvalue weighted by Gasteiger charge is -2.30. The molecule has 0 aliphatic carbocycles. The molecule has 1 aromatic rings. The second-order valence-corrected chi connectivity index (χ2v) is 6.53. The van der Waals surface area contributed by atoms with Crippen molar-refractivity contribution in [1.29, 1.82) is 0 Å². The lowest BCUT2D eigenvalue weighted by Crippen LogP contribution is -2.42. The first-order chi connectivity index (χ1) is 10.4. The summed E-state index contributed by atoms with van der Waals surface area (Å²) >= 11 is 0. The number of piperidine rings is 1. The molecule has 0 bridgehead atoms. The molecule has 2 rings (SSSR count). The number of hydrogen-bond donors (Lipinski definition) is 1. The Balaban J connectivity index is 0.00000264. The predicted octanol–water partition coefficient (Wildman–Crippen LogP) is 3.08. The molecular weight excluding hydrogens is 312 g/mol. The fraction of sp³-hybridized carbons (Fsp3) is 0.611. The Morgan fingerprint density at radius 1 is 1.35 bits per heavy atom. The zero-order valence-electron chi connectivity index (χ0n) is 14.8. The molecule has 1 saturated heterocycles. The van der Waals surface area contributed by atoms with E-state index in [0.29, 0.717) is 12.6 Å². The summed E-state index contributed by atoms with van der Waals surface area (Å²) in [5.74, 6) is 1.35. The maximum atomic E-state index is 12.6. The number of nitrogens with one attached hydrogen (secondary N) is 1. The van der Waals surface area contributed by atoms with E-state index in [1.807, 2.05) is 25.8 Å². The number of hydrogen-bond acceptors (Lipinski definition) is 3. The van der Waals surface area contributed by atoms with Crippen LogP contribution in [-0.2, 0) is 11.3 Å². The van der Waals surface area contributed by atoms with Crippen LogP contribution < -0.4 is 10.1 Å². The Kier molecular flexibility index (Phi) is 7.36. The van der Waals surface area contributed by atoms with Gasteiger partial charge in [0.2, 0.25) is 5.91 Å². The number of aryl methyl sites for hydroxylation is 2. The van der Waals surface area contributed by atoms with E-state index in [-0.39, 0.29) is 24.2 Å². The van der Waals surface area contributed by atoms with Crippen LogP contribution in [-0.4, -0.2) is 37.6 Å². The zero-order chi connectivity index (χ0) is 16.3. The van der Waals surface area contributed by atoms with Gasteiger partial charge in [-0.15, -0.1) is 12.4 Å². The van der Waals surface area contributed by atoms with Gasteiger partial charge >= 0.3 is 0 Å². The number of ether oxygens (including phenoxy) is 1. The number of methoxy groups -OCH3 is 1. The maximum absolute atomic E-state index is 12.6. The first kappa shape index (κ1) is 19.8. The fourth-order valence-corrected chi connectivity index (χ4v) is 3.47. The third-order valence-electron chi connectivity index (χ3n) is 4.49. The topological polar surface area (TPSA) is 41.6 Å². The summed E-state index contributed by atoms with van der Waals surface area (Å²) in [6.07, 6.45) is 1.87. The molecule has 5 heteroatoms. The lowest BCUT2D eigenvalue weighted by molar-refractivity contribution is -0.135. The van der Waals surface area contributed by atoms with Crippen LogP contribution in [0.5, 0.6) is 5.75 Å². The van der Waals surface area contributed by atoms with E-state index in [9.17, 15) is 4.79 Å². The average molecular weight is 341 g/mol. The molecule has 0 aromatic heterocycles. The number of rotatable bonds is 4. The molecule has 1 fully saturated rings. The van der Waals surface area contributed by atoms with Gasteiger partial charge in [-0.05, 0) is 56.8 Å². The van der Waals surface area contributed by atoms with Crippen molar-refractivity contribution in [2.45, 2.75) is 46.2 Å². The first-order valence-corrected chi connectivity index (χ1v) is 8.04. The van der Waals surface area contributed by atoms with Crippen molar-refractivity contribution in [2.24, 2.45) is 5.92 Å². The summed E-state index contributed by atoms with van der Waals surface area (Å²) in [6, 6.07) is 4.66. The number of carbonyl (C=O) groups is 1. The van der Waals surface area contributed by atoms with Gasteiger partial charge in [0.15, 0.2) is 0 Å². The van der Waals surface area contributed by atoms with Gasteiger partial charge in [0, 0.05) is 25.6 Å². The predicted molar refractivity (Wildman–Crippen MR) is 96.4 cm³/mol. The molecule has 1 aliphatic rings. The highest BCUT2D eigenvalue weighted by molar-refractivity contribution is 5.85. The smallest absolute Gasteiger partial charge is 0.225 e. The summed E-state index contributed by atoms with van der Waals surface area (Å²) < 4.78 is 5.40. The minimum Gasteiger partial charge on any atom is -0.496 e. The molecule has 1 heterocycles. The average Bonchev–Trinajstić information content (AvgIpc) is 2.46. The summed E-state index contributed by atoms with van der Waals surface area (Å²) in [5, 5.41) is 3.40. The molecule has 0 unspecified atom stereocenters. The third-order valence-corrected chi connectivity index (χ3v) is 4.49. The minimum absolute atomic E-state index is 0. The van der Waals surface area contributed by atoms with Crippen LogP contribution in [0.1, 0.15) is 36.5 Å². The van der Waals surface area contributed by atoms with Gasteiger partial charge in [-0.1, -0.05) is 12.1 Å². The summed E-state index contributed by atoms with van der Waals surface area (Å²) in [4.78, 5) is 14.5. The van der Waals surface area contributed by atoms with Gasteiger partial charge in [0.25, 0.3) is 0 Å². The molecule has 0 spiro atoms. The van der Waals surface area contributed by atoms with Crippen molar-refractivity contribution < 1.29 is 9.53 Å². The zero-order valence-corrected chi connectivity index (χ0v) is 15.6. The monoisotopic (exact) mass is 340 g/mol. The van der Waals surface area contributed by atoms with Gasteiger partial charge in [-0.25, -0.2) is 0 Å². The van der Waals surface area contributed by atoms with Gasteiger partial charge in [-0.2, -0.15) is 0 Å². The van der Waals surface area contributed by atoms with E-state index in [0.717, 1.165) is 41.8 Å². The SMILES string of the molecule is COc1c(C)cc(CN(C)C(=O)[C@H]2CCN[C@@H](C)C2)cc1C.Cl. The summed E-state index contributed by atoms with van der Waals surface area (Å²) in [5.41, 5.74) is 3.40. The molecule has 1 aliphatic heterocycles.